The van der Waals surface area contributed by atoms with Crippen LogP contribution < -0.4 is 0 Å². The average Bonchev–Trinajstić information content (AvgIpc) is 2.55. The molecule has 0 spiro atoms. The average molecular weight is 249 g/mol. The second-order valence-corrected chi connectivity index (χ2v) is 5.63. The predicted octanol–water partition coefficient (Wildman–Crippen LogP) is 2.48. The Morgan fingerprint density at radius 3 is 2.29 bits per heavy atom. The van der Waals surface area contributed by atoms with Gasteiger partial charge in [-0.2, -0.15) is 0 Å². The Kier molecular flexibility index (Phi) is 3.12. The first-order valence-electron chi connectivity index (χ1n) is 6.11. The third-order valence-corrected chi connectivity index (χ3v) is 3.90. The Bertz CT molecular complexity index is 311. The molecule has 0 bridgehead atoms. The Labute approximate surface area is 99.2 Å². The largest absolute Gasteiger partial charge is 0.339 e. The highest BCUT2D eigenvalue weighted by atomic mass is 19.3. The van der Waals surface area contributed by atoms with Gasteiger partial charge in [0.05, 0.1) is 6.54 Å². The molecule has 1 saturated carbocycles. The molecular weight excluding hydrogens is 231 g/mol. The lowest BCUT2D eigenvalue weighted by molar-refractivity contribution is -0.159. The fraction of sp³-hybridized carbons (Fsp3) is 0.917. The van der Waals surface area contributed by atoms with E-state index in [1.807, 2.05) is 13.8 Å². The van der Waals surface area contributed by atoms with Gasteiger partial charge in [0.15, 0.2) is 0 Å². The second kappa shape index (κ2) is 4.18. The number of carbonyl (C=O) groups excluding carboxylic acids is 1. The highest BCUT2D eigenvalue weighted by Gasteiger charge is 2.51. The van der Waals surface area contributed by atoms with Crippen LogP contribution in [0.1, 0.15) is 26.7 Å². The molecule has 0 aromatic rings. The smallest absolute Gasteiger partial charge is 0.249 e. The number of amides is 1. The van der Waals surface area contributed by atoms with Crippen LogP contribution in [0.25, 0.3) is 0 Å². The molecule has 1 saturated heterocycles. The normalized spacial score (nSPS) is 32.9. The zero-order valence-corrected chi connectivity index (χ0v) is 10.1. The molecule has 1 amide bonds. The van der Waals surface area contributed by atoms with Crippen molar-refractivity contribution in [1.82, 2.24) is 4.90 Å². The molecule has 2 nitrogen and oxygen atoms in total. The number of rotatable bonds is 2. The van der Waals surface area contributed by atoms with Crippen molar-refractivity contribution in [1.29, 1.82) is 0 Å². The highest BCUT2D eigenvalue weighted by molar-refractivity contribution is 5.80. The van der Waals surface area contributed by atoms with Crippen LogP contribution in [0.15, 0.2) is 0 Å². The van der Waals surface area contributed by atoms with Crippen molar-refractivity contribution in [3.8, 4) is 0 Å². The molecule has 1 unspecified atom stereocenters. The zero-order valence-electron chi connectivity index (χ0n) is 10.1. The molecule has 0 N–H and O–H groups in total. The van der Waals surface area contributed by atoms with Gasteiger partial charge in [0, 0.05) is 31.2 Å². The fourth-order valence-corrected chi connectivity index (χ4v) is 2.69. The van der Waals surface area contributed by atoms with Gasteiger partial charge in [0.2, 0.25) is 11.8 Å². The van der Waals surface area contributed by atoms with Gasteiger partial charge in [0.1, 0.15) is 6.17 Å². The van der Waals surface area contributed by atoms with Gasteiger partial charge in [-0.25, -0.2) is 13.2 Å². The van der Waals surface area contributed by atoms with Crippen LogP contribution in [-0.2, 0) is 4.79 Å². The van der Waals surface area contributed by atoms with Crippen LogP contribution in [0.5, 0.6) is 0 Å². The van der Waals surface area contributed by atoms with Gasteiger partial charge >= 0.3 is 0 Å². The van der Waals surface area contributed by atoms with E-state index in [1.54, 1.807) is 0 Å². The Balaban J connectivity index is 1.90. The van der Waals surface area contributed by atoms with E-state index in [4.69, 9.17) is 0 Å². The summed E-state index contributed by atoms with van der Waals surface area (Å²) in [4.78, 5) is 13.3. The SMILES string of the molecule is CC(C)C1CN(C(=O)C2CC(F)(F)C2)C[C@@H]1F. The predicted molar refractivity (Wildman–Crippen MR) is 57.5 cm³/mol. The first-order valence-corrected chi connectivity index (χ1v) is 6.11. The Morgan fingerprint density at radius 1 is 1.29 bits per heavy atom. The first-order chi connectivity index (χ1) is 7.80. The molecule has 5 heteroatoms. The third kappa shape index (κ3) is 2.43. The second-order valence-electron chi connectivity index (χ2n) is 5.63. The van der Waals surface area contributed by atoms with E-state index in [2.05, 4.69) is 0 Å². The molecule has 1 aliphatic heterocycles. The summed E-state index contributed by atoms with van der Waals surface area (Å²) in [6.45, 7) is 4.29. The van der Waals surface area contributed by atoms with Crippen molar-refractivity contribution < 1.29 is 18.0 Å². The summed E-state index contributed by atoms with van der Waals surface area (Å²) in [6, 6.07) is 0. The van der Waals surface area contributed by atoms with Crippen LogP contribution in [0, 0.1) is 17.8 Å². The molecule has 2 fully saturated rings. The zero-order chi connectivity index (χ0) is 12.8. The molecule has 0 aromatic heterocycles. The molecule has 98 valence electrons. The summed E-state index contributed by atoms with van der Waals surface area (Å²) < 4.78 is 39.0. The van der Waals surface area contributed by atoms with E-state index in [9.17, 15) is 18.0 Å². The molecule has 17 heavy (non-hydrogen) atoms. The van der Waals surface area contributed by atoms with Crippen molar-refractivity contribution in [3.63, 3.8) is 0 Å². The molecule has 1 aliphatic carbocycles. The highest BCUT2D eigenvalue weighted by Crippen LogP contribution is 2.44. The summed E-state index contributed by atoms with van der Waals surface area (Å²) in [5.74, 6) is -3.55. The maximum atomic E-state index is 13.6. The monoisotopic (exact) mass is 249 g/mol. The van der Waals surface area contributed by atoms with Crippen LogP contribution in [0.4, 0.5) is 13.2 Å². The van der Waals surface area contributed by atoms with Crippen molar-refractivity contribution in [3.05, 3.63) is 0 Å². The van der Waals surface area contributed by atoms with Crippen molar-refractivity contribution >= 4 is 5.91 Å². The number of carbonyl (C=O) groups is 1. The maximum absolute atomic E-state index is 13.6. The van der Waals surface area contributed by atoms with Crippen LogP contribution in [-0.4, -0.2) is 36.0 Å². The molecule has 2 atom stereocenters. The lowest BCUT2D eigenvalue weighted by Crippen LogP contribution is -2.46. The molecular formula is C12H18F3NO. The number of nitrogens with zero attached hydrogens (tertiary/aromatic N) is 1. The Morgan fingerprint density at radius 2 is 1.88 bits per heavy atom. The fourth-order valence-electron chi connectivity index (χ4n) is 2.69. The minimum absolute atomic E-state index is 0.0732. The van der Waals surface area contributed by atoms with Crippen LogP contribution >= 0.6 is 0 Å². The van der Waals surface area contributed by atoms with Crippen molar-refractivity contribution in [2.45, 2.75) is 38.8 Å². The van der Waals surface area contributed by atoms with Crippen LogP contribution in [0.3, 0.4) is 0 Å². The minimum Gasteiger partial charge on any atom is -0.339 e. The van der Waals surface area contributed by atoms with E-state index < -0.39 is 18.0 Å². The number of likely N-dealkylation sites (tertiary alicyclic amines) is 1. The van der Waals surface area contributed by atoms with Gasteiger partial charge in [0.25, 0.3) is 0 Å². The third-order valence-electron chi connectivity index (χ3n) is 3.90. The van der Waals surface area contributed by atoms with Gasteiger partial charge in [-0.3, -0.25) is 4.79 Å². The molecule has 0 aromatic carbocycles. The molecule has 2 rings (SSSR count). The van der Waals surface area contributed by atoms with E-state index in [1.165, 1.54) is 4.90 Å². The van der Waals surface area contributed by atoms with Gasteiger partial charge in [-0.15, -0.1) is 0 Å². The summed E-state index contributed by atoms with van der Waals surface area (Å²) in [6.07, 6.45) is -1.75. The summed E-state index contributed by atoms with van der Waals surface area (Å²) in [5, 5.41) is 0. The summed E-state index contributed by atoms with van der Waals surface area (Å²) >= 11 is 0. The van der Waals surface area contributed by atoms with E-state index >= 15 is 0 Å². The standard InChI is InChI=1S/C12H18F3NO/c1-7(2)9-5-16(6-10(9)13)11(17)8-3-12(14,15)4-8/h7-10H,3-6H2,1-2H3/t9?,10-/m0/s1. The Hall–Kier alpha value is -0.740. The molecule has 2 aliphatic rings. The van der Waals surface area contributed by atoms with Gasteiger partial charge in [-0.05, 0) is 5.92 Å². The first kappa shape index (κ1) is 12.7. The number of alkyl halides is 3. The summed E-state index contributed by atoms with van der Waals surface area (Å²) in [7, 11) is 0. The quantitative estimate of drug-likeness (QED) is 0.736. The van der Waals surface area contributed by atoms with Crippen molar-refractivity contribution in [2.75, 3.05) is 13.1 Å². The van der Waals surface area contributed by atoms with E-state index in [0.29, 0.717) is 6.54 Å². The van der Waals surface area contributed by atoms with Gasteiger partial charge < -0.3 is 4.90 Å². The van der Waals surface area contributed by atoms with E-state index in [0.717, 1.165) is 0 Å². The minimum atomic E-state index is -2.69. The molecule has 0 radical (unpaired) electrons. The number of halogens is 3. The lowest BCUT2D eigenvalue weighted by Gasteiger charge is -2.36. The lowest BCUT2D eigenvalue weighted by atomic mass is 9.80. The van der Waals surface area contributed by atoms with Crippen LogP contribution in [0.2, 0.25) is 0 Å². The summed E-state index contributed by atoms with van der Waals surface area (Å²) in [5.41, 5.74) is 0. The van der Waals surface area contributed by atoms with Gasteiger partial charge in [-0.1, -0.05) is 13.8 Å². The van der Waals surface area contributed by atoms with E-state index in [-0.39, 0.29) is 37.1 Å². The number of hydrogen-bond acceptors (Lipinski definition) is 1. The van der Waals surface area contributed by atoms with Crippen molar-refractivity contribution in [2.24, 2.45) is 17.8 Å². The maximum Gasteiger partial charge on any atom is 0.249 e. The topological polar surface area (TPSA) is 20.3 Å². The molecule has 1 heterocycles. The number of hydrogen-bond donors (Lipinski definition) is 0.